The molecule has 5 nitrogen and oxygen atoms in total. The number of nitrogens with zero attached hydrogens (tertiary/aromatic N) is 3. The van der Waals surface area contributed by atoms with Crippen LogP contribution in [0.3, 0.4) is 0 Å². The summed E-state index contributed by atoms with van der Waals surface area (Å²) in [6.45, 7) is 3.15. The maximum absolute atomic E-state index is 13.9. The molecule has 1 aliphatic heterocycles. The Hall–Kier alpha value is -1.57. The van der Waals surface area contributed by atoms with E-state index in [9.17, 15) is 12.8 Å². The van der Waals surface area contributed by atoms with Gasteiger partial charge in [0, 0.05) is 31.5 Å². The molecule has 3 rings (SSSR count). The van der Waals surface area contributed by atoms with Gasteiger partial charge in [-0.05, 0) is 30.9 Å². The van der Waals surface area contributed by atoms with Gasteiger partial charge >= 0.3 is 0 Å². The minimum atomic E-state index is -3.56. The summed E-state index contributed by atoms with van der Waals surface area (Å²) >= 11 is 5.63. The van der Waals surface area contributed by atoms with Crippen molar-refractivity contribution >= 4 is 21.6 Å². The van der Waals surface area contributed by atoms with Crippen molar-refractivity contribution in [3.63, 3.8) is 0 Å². The van der Waals surface area contributed by atoms with Gasteiger partial charge in [0.05, 0.1) is 11.3 Å². The molecular weight excluding hydrogens is 353 g/mol. The molecule has 0 saturated carbocycles. The maximum Gasteiger partial charge on any atom is 0.244 e. The first-order chi connectivity index (χ1) is 11.4. The summed E-state index contributed by atoms with van der Waals surface area (Å²) in [4.78, 5) is 8.03. The molecule has 2 aromatic rings. The molecule has 0 radical (unpaired) electrons. The van der Waals surface area contributed by atoms with Crippen molar-refractivity contribution in [3.05, 3.63) is 41.6 Å². The molecule has 3 heterocycles. The Morgan fingerprint density at radius 3 is 2.50 bits per heavy atom. The molecule has 0 N–H and O–H groups in total. The van der Waals surface area contributed by atoms with E-state index in [-0.39, 0.29) is 15.6 Å². The number of hydrogen-bond donors (Lipinski definition) is 0. The predicted octanol–water partition coefficient (Wildman–Crippen LogP) is 3.36. The standard InChI is InChI=1S/C16H17ClFN3O2S/c1-11-4-6-21(7-5-11)24(22,23)12-2-3-15(19-9-12)13-10-20-16(17)8-14(13)18/h2-3,8-11H,4-7H2,1H3. The van der Waals surface area contributed by atoms with Gasteiger partial charge in [-0.1, -0.05) is 18.5 Å². The van der Waals surface area contributed by atoms with Crippen LogP contribution in [0, 0.1) is 11.7 Å². The monoisotopic (exact) mass is 369 g/mol. The summed E-state index contributed by atoms with van der Waals surface area (Å²) in [7, 11) is -3.56. The average Bonchev–Trinajstić information content (AvgIpc) is 2.55. The third-order valence-corrected chi connectivity index (χ3v) is 6.30. The van der Waals surface area contributed by atoms with Gasteiger partial charge < -0.3 is 0 Å². The van der Waals surface area contributed by atoms with Crippen LogP contribution in [0.25, 0.3) is 11.3 Å². The predicted molar refractivity (Wildman–Crippen MR) is 89.6 cm³/mol. The van der Waals surface area contributed by atoms with E-state index in [1.54, 1.807) is 0 Å². The fourth-order valence-corrected chi connectivity index (χ4v) is 4.22. The van der Waals surface area contributed by atoms with Crippen LogP contribution in [0.15, 0.2) is 35.5 Å². The SMILES string of the molecule is CC1CCN(S(=O)(=O)c2ccc(-c3cnc(Cl)cc3F)nc2)CC1. The molecule has 8 heteroatoms. The van der Waals surface area contributed by atoms with E-state index in [1.165, 1.54) is 28.8 Å². The highest BCUT2D eigenvalue weighted by Gasteiger charge is 2.28. The third-order valence-electron chi connectivity index (χ3n) is 4.21. The van der Waals surface area contributed by atoms with Gasteiger partial charge in [0.25, 0.3) is 0 Å². The lowest BCUT2D eigenvalue weighted by atomic mass is 10.0. The van der Waals surface area contributed by atoms with Gasteiger partial charge in [0.15, 0.2) is 0 Å². The van der Waals surface area contributed by atoms with Crippen molar-refractivity contribution in [1.82, 2.24) is 14.3 Å². The van der Waals surface area contributed by atoms with Gasteiger partial charge in [-0.2, -0.15) is 4.31 Å². The number of hydrogen-bond acceptors (Lipinski definition) is 4. The van der Waals surface area contributed by atoms with Gasteiger partial charge in [-0.25, -0.2) is 17.8 Å². The Morgan fingerprint density at radius 2 is 1.92 bits per heavy atom. The van der Waals surface area contributed by atoms with Gasteiger partial charge in [-0.15, -0.1) is 0 Å². The lowest BCUT2D eigenvalue weighted by Crippen LogP contribution is -2.37. The molecule has 0 aromatic carbocycles. The second-order valence-corrected chi connectivity index (χ2v) is 8.28. The Bertz CT molecular complexity index is 835. The molecule has 1 aliphatic rings. The normalized spacial score (nSPS) is 17.1. The zero-order valence-electron chi connectivity index (χ0n) is 13.1. The van der Waals surface area contributed by atoms with Crippen molar-refractivity contribution in [3.8, 4) is 11.3 Å². The van der Waals surface area contributed by atoms with E-state index >= 15 is 0 Å². The molecule has 0 atom stereocenters. The molecule has 0 bridgehead atoms. The average molecular weight is 370 g/mol. The third kappa shape index (κ3) is 3.43. The number of rotatable bonds is 3. The van der Waals surface area contributed by atoms with Gasteiger partial charge in [-0.3, -0.25) is 4.98 Å². The highest BCUT2D eigenvalue weighted by atomic mass is 35.5. The lowest BCUT2D eigenvalue weighted by Gasteiger charge is -2.29. The molecule has 0 amide bonds. The summed E-state index contributed by atoms with van der Waals surface area (Å²) in [5.41, 5.74) is 0.484. The zero-order valence-corrected chi connectivity index (χ0v) is 14.7. The molecule has 0 aliphatic carbocycles. The van der Waals surface area contributed by atoms with Crippen LogP contribution < -0.4 is 0 Å². The highest BCUT2D eigenvalue weighted by molar-refractivity contribution is 7.89. The van der Waals surface area contributed by atoms with Crippen LogP contribution in [0.5, 0.6) is 0 Å². The van der Waals surface area contributed by atoms with Crippen LogP contribution in [-0.2, 0) is 10.0 Å². The Morgan fingerprint density at radius 1 is 1.21 bits per heavy atom. The number of pyridine rings is 2. The van der Waals surface area contributed by atoms with Crippen LogP contribution in [-0.4, -0.2) is 35.8 Å². The fourth-order valence-electron chi connectivity index (χ4n) is 2.66. The molecule has 0 unspecified atom stereocenters. The Balaban J connectivity index is 1.86. The number of sulfonamides is 1. The largest absolute Gasteiger partial charge is 0.255 e. The van der Waals surface area contributed by atoms with E-state index in [4.69, 9.17) is 11.6 Å². The molecule has 1 saturated heterocycles. The van der Waals surface area contributed by atoms with E-state index in [2.05, 4.69) is 16.9 Å². The lowest BCUT2D eigenvalue weighted by molar-refractivity contribution is 0.288. The summed E-state index contributed by atoms with van der Waals surface area (Å²) < 4.78 is 40.7. The fraction of sp³-hybridized carbons (Fsp3) is 0.375. The van der Waals surface area contributed by atoms with Crippen LogP contribution in [0.2, 0.25) is 5.15 Å². The Kier molecular flexibility index (Phi) is 4.85. The summed E-state index contributed by atoms with van der Waals surface area (Å²) in [5, 5.41) is 0.0507. The van der Waals surface area contributed by atoms with E-state index in [1.807, 2.05) is 0 Å². The number of halogens is 2. The zero-order chi connectivity index (χ0) is 17.3. The Labute approximate surface area is 145 Å². The first-order valence-corrected chi connectivity index (χ1v) is 9.47. The molecule has 0 spiro atoms. The molecule has 2 aromatic heterocycles. The van der Waals surface area contributed by atoms with E-state index in [0.717, 1.165) is 18.9 Å². The second kappa shape index (κ2) is 6.74. The first kappa shape index (κ1) is 17.3. The summed E-state index contributed by atoms with van der Waals surface area (Å²) in [6, 6.07) is 4.02. The maximum atomic E-state index is 13.9. The number of piperidine rings is 1. The quantitative estimate of drug-likeness (QED) is 0.778. The van der Waals surface area contributed by atoms with Crippen molar-refractivity contribution in [2.75, 3.05) is 13.1 Å². The van der Waals surface area contributed by atoms with E-state index < -0.39 is 15.8 Å². The molecule has 24 heavy (non-hydrogen) atoms. The van der Waals surface area contributed by atoms with Gasteiger partial charge in [0.1, 0.15) is 15.9 Å². The van der Waals surface area contributed by atoms with Crippen molar-refractivity contribution in [1.29, 1.82) is 0 Å². The van der Waals surface area contributed by atoms with E-state index in [0.29, 0.717) is 24.7 Å². The summed E-state index contributed by atoms with van der Waals surface area (Å²) in [5.74, 6) is -0.0135. The van der Waals surface area contributed by atoms with Crippen LogP contribution in [0.1, 0.15) is 19.8 Å². The molecule has 1 fully saturated rings. The topological polar surface area (TPSA) is 63.2 Å². The smallest absolute Gasteiger partial charge is 0.244 e. The van der Waals surface area contributed by atoms with Crippen LogP contribution >= 0.6 is 11.6 Å². The summed E-state index contributed by atoms with van der Waals surface area (Å²) in [6.07, 6.45) is 4.25. The van der Waals surface area contributed by atoms with Crippen LogP contribution in [0.4, 0.5) is 4.39 Å². The van der Waals surface area contributed by atoms with Gasteiger partial charge in [0.2, 0.25) is 10.0 Å². The van der Waals surface area contributed by atoms with Crippen molar-refractivity contribution < 1.29 is 12.8 Å². The minimum Gasteiger partial charge on any atom is -0.255 e. The number of aromatic nitrogens is 2. The minimum absolute atomic E-state index is 0.0507. The van der Waals surface area contributed by atoms with Crippen molar-refractivity contribution in [2.45, 2.75) is 24.7 Å². The first-order valence-electron chi connectivity index (χ1n) is 7.65. The molecular formula is C16H17ClFN3O2S. The van der Waals surface area contributed by atoms with Crippen molar-refractivity contribution in [2.24, 2.45) is 5.92 Å². The second-order valence-electron chi connectivity index (χ2n) is 5.95. The molecule has 128 valence electrons. The highest BCUT2D eigenvalue weighted by Crippen LogP contribution is 2.26.